The summed E-state index contributed by atoms with van der Waals surface area (Å²) in [6.45, 7) is 11.1. The zero-order valence-electron chi connectivity index (χ0n) is 24.8. The van der Waals surface area contributed by atoms with Crippen LogP contribution in [0.25, 0.3) is 0 Å². The smallest absolute Gasteiger partial charge is 0.408 e. The number of carbonyl (C=O) groups excluding carboxylic acids is 4. The molecule has 0 saturated carbocycles. The molecule has 0 radical (unpaired) electrons. The first-order valence-corrected chi connectivity index (χ1v) is 13.6. The van der Waals surface area contributed by atoms with Crippen molar-refractivity contribution < 1.29 is 28.7 Å². The third-order valence-corrected chi connectivity index (χ3v) is 6.02. The van der Waals surface area contributed by atoms with Crippen LogP contribution in [0.5, 0.6) is 0 Å². The topological polar surface area (TPSA) is 138 Å². The lowest BCUT2D eigenvalue weighted by molar-refractivity contribution is -0.118. The minimum absolute atomic E-state index is 0. The van der Waals surface area contributed by atoms with E-state index in [2.05, 4.69) is 21.3 Å². The maximum absolute atomic E-state index is 12.2. The maximum Gasteiger partial charge on any atom is 0.408 e. The standard InChI is InChI=1S/C15H21N3O3.C15H20N2O3.CH4/c1-15(2,3)21-14(20)17-11-9-18(4)12-8-6-5-7-10(12)16-13(11)19;1-15(2,3)20-14(19)17-12-9-8-10-6-4-5-7-11(10)16-13(12)18;/h5-8,11H,9H2,1-4H3,(H,16,19)(H,17,20);4-7,12H,8-9H2,1-3H3,(H,16,18)(H,17,19);1H4/t11-;12-;/m00./s1. The number of aryl methyl sites for hydroxylation is 1. The van der Waals surface area contributed by atoms with E-state index in [1.165, 1.54) is 0 Å². The number of hydrogen-bond donors (Lipinski definition) is 4. The quantitative estimate of drug-likeness (QED) is 0.387. The van der Waals surface area contributed by atoms with Gasteiger partial charge in [-0.05, 0) is 78.1 Å². The Morgan fingerprint density at radius 1 is 0.786 bits per heavy atom. The summed E-state index contributed by atoms with van der Waals surface area (Å²) in [6, 6.07) is 13.9. The molecule has 2 atom stereocenters. The molecule has 0 aromatic heterocycles. The number of hydrogen-bond acceptors (Lipinski definition) is 7. The van der Waals surface area contributed by atoms with Gasteiger partial charge in [0.15, 0.2) is 0 Å². The highest BCUT2D eigenvalue weighted by Crippen LogP contribution is 2.27. The molecule has 4 N–H and O–H groups in total. The van der Waals surface area contributed by atoms with Crippen molar-refractivity contribution in [2.24, 2.45) is 0 Å². The Hall–Kier alpha value is -4.28. The van der Waals surface area contributed by atoms with Crippen molar-refractivity contribution in [3.05, 3.63) is 54.1 Å². The van der Waals surface area contributed by atoms with Crippen molar-refractivity contribution in [1.82, 2.24) is 10.6 Å². The molecule has 11 nitrogen and oxygen atoms in total. The zero-order valence-corrected chi connectivity index (χ0v) is 24.8. The minimum Gasteiger partial charge on any atom is -0.444 e. The Kier molecular flexibility index (Phi) is 11.4. The van der Waals surface area contributed by atoms with Crippen LogP contribution in [0.15, 0.2) is 48.5 Å². The summed E-state index contributed by atoms with van der Waals surface area (Å²) in [4.78, 5) is 49.8. The maximum atomic E-state index is 12.2. The number of carbonyl (C=O) groups is 4. The third-order valence-electron chi connectivity index (χ3n) is 6.02. The van der Waals surface area contributed by atoms with Crippen LogP contribution in [0.4, 0.5) is 26.7 Å². The van der Waals surface area contributed by atoms with Crippen molar-refractivity contribution in [1.29, 1.82) is 0 Å². The molecule has 2 aliphatic heterocycles. The Labute approximate surface area is 248 Å². The van der Waals surface area contributed by atoms with Crippen molar-refractivity contribution in [3.63, 3.8) is 0 Å². The molecule has 0 unspecified atom stereocenters. The van der Waals surface area contributed by atoms with Crippen LogP contribution in [0.3, 0.4) is 0 Å². The predicted molar refractivity (Wildman–Crippen MR) is 165 cm³/mol. The molecule has 230 valence electrons. The second kappa shape index (κ2) is 14.1. The molecular weight excluding hydrogens is 538 g/mol. The number of anilines is 3. The summed E-state index contributed by atoms with van der Waals surface area (Å²) < 4.78 is 10.4. The van der Waals surface area contributed by atoms with Gasteiger partial charge in [0.2, 0.25) is 11.8 Å². The summed E-state index contributed by atoms with van der Waals surface area (Å²) in [5, 5.41) is 10.9. The first-order chi connectivity index (χ1) is 19.1. The van der Waals surface area contributed by atoms with Gasteiger partial charge in [0, 0.05) is 19.3 Å². The van der Waals surface area contributed by atoms with E-state index in [0.717, 1.165) is 29.0 Å². The second-order valence-electron chi connectivity index (χ2n) is 12.0. The van der Waals surface area contributed by atoms with Crippen LogP contribution < -0.4 is 26.2 Å². The van der Waals surface area contributed by atoms with E-state index >= 15 is 0 Å². The Balaban J connectivity index is 0.000000287. The SMILES string of the molecule is C.CC(C)(C)OC(=O)N[C@H]1CCc2ccccc2NC1=O.CN1C[C@H](NC(=O)OC(C)(C)C)C(=O)Nc2ccccc21. The zero-order chi connectivity index (χ0) is 30.4. The van der Waals surface area contributed by atoms with E-state index in [4.69, 9.17) is 9.47 Å². The van der Waals surface area contributed by atoms with E-state index in [-0.39, 0.29) is 19.2 Å². The Morgan fingerprint density at radius 3 is 1.86 bits per heavy atom. The number of fused-ring (bicyclic) bond motifs is 2. The van der Waals surface area contributed by atoms with Gasteiger partial charge in [-0.1, -0.05) is 37.8 Å². The van der Waals surface area contributed by atoms with Gasteiger partial charge >= 0.3 is 12.2 Å². The molecule has 4 rings (SSSR count). The number of amides is 4. The van der Waals surface area contributed by atoms with Crippen molar-refractivity contribution in [2.45, 2.75) is 85.1 Å². The highest BCUT2D eigenvalue weighted by Gasteiger charge is 2.29. The molecule has 0 bridgehead atoms. The number of rotatable bonds is 2. The number of para-hydroxylation sites is 3. The fourth-order valence-electron chi connectivity index (χ4n) is 4.25. The van der Waals surface area contributed by atoms with Gasteiger partial charge < -0.3 is 35.6 Å². The molecule has 0 spiro atoms. The molecule has 2 aromatic carbocycles. The van der Waals surface area contributed by atoms with Crippen LogP contribution in [-0.4, -0.2) is 60.9 Å². The largest absolute Gasteiger partial charge is 0.444 e. The molecule has 2 heterocycles. The van der Waals surface area contributed by atoms with Crippen molar-refractivity contribution >= 4 is 41.1 Å². The second-order valence-corrected chi connectivity index (χ2v) is 12.0. The van der Waals surface area contributed by atoms with E-state index in [9.17, 15) is 19.2 Å². The highest BCUT2D eigenvalue weighted by molar-refractivity contribution is 6.01. The number of nitrogens with one attached hydrogen (secondary N) is 4. The average Bonchev–Trinajstić information content (AvgIpc) is 3.07. The lowest BCUT2D eigenvalue weighted by atomic mass is 10.1. The van der Waals surface area contributed by atoms with Crippen LogP contribution in [0.1, 0.15) is 61.0 Å². The molecule has 2 aromatic rings. The van der Waals surface area contributed by atoms with Gasteiger partial charge in [-0.3, -0.25) is 9.59 Å². The molecule has 11 heteroatoms. The highest BCUT2D eigenvalue weighted by atomic mass is 16.6. The van der Waals surface area contributed by atoms with Gasteiger partial charge in [0.05, 0.1) is 11.4 Å². The van der Waals surface area contributed by atoms with E-state index in [1.54, 1.807) is 41.5 Å². The first-order valence-electron chi connectivity index (χ1n) is 13.6. The summed E-state index contributed by atoms with van der Waals surface area (Å²) in [5.74, 6) is -0.460. The summed E-state index contributed by atoms with van der Waals surface area (Å²) in [5.41, 5.74) is 2.37. The van der Waals surface area contributed by atoms with Crippen LogP contribution in [0.2, 0.25) is 0 Å². The lowest BCUT2D eigenvalue weighted by Gasteiger charge is -2.24. The molecule has 0 saturated heterocycles. The summed E-state index contributed by atoms with van der Waals surface area (Å²) in [7, 11) is 1.88. The third kappa shape index (κ3) is 10.3. The average molecular weight is 584 g/mol. The lowest BCUT2D eigenvalue weighted by Crippen LogP contribution is -2.49. The number of likely N-dealkylation sites (N-methyl/N-ethyl adjacent to an activating group) is 1. The Bertz CT molecular complexity index is 1270. The molecule has 42 heavy (non-hydrogen) atoms. The van der Waals surface area contributed by atoms with E-state index in [1.807, 2.05) is 60.5 Å². The van der Waals surface area contributed by atoms with Gasteiger partial charge in [0.25, 0.3) is 0 Å². The van der Waals surface area contributed by atoms with Gasteiger partial charge in [-0.25, -0.2) is 9.59 Å². The number of nitrogens with zero attached hydrogens (tertiary/aromatic N) is 1. The van der Waals surface area contributed by atoms with Crippen molar-refractivity contribution in [2.75, 3.05) is 29.1 Å². The number of alkyl carbamates (subject to hydrolysis) is 2. The van der Waals surface area contributed by atoms with Gasteiger partial charge in [-0.15, -0.1) is 0 Å². The molecule has 0 fully saturated rings. The minimum atomic E-state index is -0.669. The number of ether oxygens (including phenoxy) is 2. The van der Waals surface area contributed by atoms with Crippen molar-refractivity contribution in [3.8, 4) is 0 Å². The summed E-state index contributed by atoms with van der Waals surface area (Å²) in [6.07, 6.45) is 0.128. The van der Waals surface area contributed by atoms with Crippen LogP contribution >= 0.6 is 0 Å². The molecule has 2 aliphatic rings. The normalized spacial score (nSPS) is 18.0. The molecule has 4 amide bonds. The fourth-order valence-corrected chi connectivity index (χ4v) is 4.25. The van der Waals surface area contributed by atoms with E-state index in [0.29, 0.717) is 13.0 Å². The van der Waals surface area contributed by atoms with E-state index < -0.39 is 35.5 Å². The van der Waals surface area contributed by atoms with Gasteiger partial charge in [0.1, 0.15) is 23.3 Å². The van der Waals surface area contributed by atoms with Gasteiger partial charge in [-0.2, -0.15) is 0 Å². The fraction of sp³-hybridized carbons (Fsp3) is 0.484. The first kappa shape index (κ1) is 33.9. The molecule has 0 aliphatic carbocycles. The monoisotopic (exact) mass is 583 g/mol. The van der Waals surface area contributed by atoms with Crippen LogP contribution in [-0.2, 0) is 25.5 Å². The Morgan fingerprint density at radius 2 is 1.26 bits per heavy atom. The van der Waals surface area contributed by atoms with Crippen LogP contribution in [0, 0.1) is 0 Å². The predicted octanol–water partition coefficient (Wildman–Crippen LogP) is 5.07. The summed E-state index contributed by atoms with van der Waals surface area (Å²) >= 11 is 0. The molecular formula is C31H45N5O6. The number of benzene rings is 2.